The first-order valence-corrected chi connectivity index (χ1v) is 45.7. The molecule has 141 heavy (non-hydrogen) atoms. The summed E-state index contributed by atoms with van der Waals surface area (Å²) in [5.74, 6) is -3.88. The monoisotopic (exact) mass is 1980 g/mol. The van der Waals surface area contributed by atoms with E-state index in [1.165, 1.54) is 73.3 Å². The molecule has 2 fully saturated rings. The van der Waals surface area contributed by atoms with Crippen molar-refractivity contribution in [2.75, 3.05) is 40.3 Å². The number of benzene rings is 5. The molecule has 700 valence electrons. The first-order valence-electron chi connectivity index (χ1n) is 43.9. The molecule has 2 aliphatic heterocycles. The standard InChI is InChI=1S/C25H22ClF2N5O.C25H23ClFN5O.C19H9ClF2N4.C19H10ClFN4.C18H11ClFN3/c1-32-9-6-16(7-10-32)31-25(34)22-13-30-23-5-4-15(14-33(22)23)17-3-2-8-29-24(17)18-11-19(26)21(28)12-20(18)27;1-31-11-8-18(9-12-31)30-25(33)22-14-29-23-7-4-16(15-32(22)23)19-3-2-10-28-24(19)20-13-17(26)5-6-21(20)27;1-23-18-9-25-17-5-4-11(10-26(17)18)12-3-2-6-24-19(12)13-7-14(20)16(22)8-15(13)21;1-22-18-10-24-17-7-4-12(11-25(17)18)14-3-2-8-23-19(14)15-9-13(20)5-6-16(15)21;19-13-4-5-16(20)15(10-13)18-14(2-1-7-22-18)12-3-6-17-21-8-9-23(17)11-12/h2-5,8,11-14,16H,6-7,9-10H2,1H3,(H,31,34);2-7,10,13-15,18H,8-9,11-12H2,1H3,(H,30,33);2-10H;2-11H;1-11H. The third kappa shape index (κ3) is 21.0. The summed E-state index contributed by atoms with van der Waals surface area (Å²) >= 11 is 29.9. The van der Waals surface area contributed by atoms with E-state index in [9.17, 15) is 40.3 Å². The Morgan fingerprint density at radius 2 is 0.617 bits per heavy atom. The van der Waals surface area contributed by atoms with Crippen molar-refractivity contribution >= 4 is 110 Å². The van der Waals surface area contributed by atoms with Crippen LogP contribution in [0, 0.1) is 53.9 Å². The van der Waals surface area contributed by atoms with Crippen molar-refractivity contribution in [1.29, 1.82) is 0 Å². The van der Waals surface area contributed by atoms with Gasteiger partial charge in [0.25, 0.3) is 23.5 Å². The predicted molar refractivity (Wildman–Crippen MR) is 533 cm³/mol. The zero-order valence-corrected chi connectivity index (χ0v) is 78.2. The number of fused-ring (bicyclic) bond motifs is 5. The Balaban J connectivity index is 0.000000117. The zero-order valence-electron chi connectivity index (χ0n) is 74.5. The van der Waals surface area contributed by atoms with Crippen LogP contribution in [0.5, 0.6) is 0 Å². The molecule has 0 unspecified atom stereocenters. The highest BCUT2D eigenvalue weighted by atomic mass is 35.5. The summed E-state index contributed by atoms with van der Waals surface area (Å²) in [6, 6.07) is 54.0. The largest absolute Gasteiger partial charge is 0.362 e. The number of imidazole rings is 5. The van der Waals surface area contributed by atoms with Crippen molar-refractivity contribution in [2.45, 2.75) is 37.8 Å². The average molecular weight is 1990 g/mol. The molecule has 35 heteroatoms. The summed E-state index contributed by atoms with van der Waals surface area (Å²) in [6.07, 6.45) is 30.4. The van der Waals surface area contributed by atoms with Gasteiger partial charge < -0.3 is 34.5 Å². The molecule has 22 rings (SSSR count). The van der Waals surface area contributed by atoms with E-state index in [4.69, 9.17) is 71.1 Å². The maximum atomic E-state index is 14.6. The number of carbonyl (C=O) groups is 2. The van der Waals surface area contributed by atoms with Gasteiger partial charge in [-0.3, -0.25) is 43.3 Å². The SMILES string of the molecule is CN1CCC(NC(=O)c2cnc3ccc(-c4cccnc4-c4cc(Cl)c(F)cc4F)cn23)CC1.CN1CCC(NC(=O)c2cnc3ccc(-c4cccnc4-c4cc(Cl)ccc4F)cn23)CC1.Fc1ccc(Cl)cc1-c1ncccc1-c1ccc2nccn2c1.[C-]#[N+]c1cnc2ccc(-c3cccnc3-c3cc(Cl)c(F)cc3F)cn12.[C-]#[N+]c1cnc2ccc(-c3cccnc3-c3cc(Cl)ccc3F)cn12. The van der Waals surface area contributed by atoms with Crippen molar-refractivity contribution in [2.24, 2.45) is 0 Å². The molecule has 2 aliphatic rings. The molecule has 5 aromatic carbocycles. The first kappa shape index (κ1) is 95.4. The third-order valence-electron chi connectivity index (χ3n) is 23.8. The van der Waals surface area contributed by atoms with Gasteiger partial charge in [-0.25, -0.2) is 64.5 Å². The number of nitrogens with zero attached hydrogens (tertiary/aromatic N) is 19. The second kappa shape index (κ2) is 42.2. The van der Waals surface area contributed by atoms with Gasteiger partial charge in [0.05, 0.1) is 75.7 Å². The summed E-state index contributed by atoms with van der Waals surface area (Å²) in [5, 5.41) is 7.23. The maximum absolute atomic E-state index is 14.6. The van der Waals surface area contributed by atoms with Crippen LogP contribution in [-0.2, 0) is 0 Å². The molecule has 20 aromatic rings. The van der Waals surface area contributed by atoms with Crippen LogP contribution in [0.25, 0.3) is 150 Å². The van der Waals surface area contributed by atoms with Gasteiger partial charge in [-0.15, -0.1) is 0 Å². The van der Waals surface area contributed by atoms with Gasteiger partial charge in [-0.2, -0.15) is 0 Å². The van der Waals surface area contributed by atoms with E-state index in [-0.39, 0.29) is 50.9 Å². The fourth-order valence-electron chi connectivity index (χ4n) is 16.6. The van der Waals surface area contributed by atoms with Gasteiger partial charge in [0.2, 0.25) is 11.3 Å². The number of halogens is 12. The summed E-state index contributed by atoms with van der Waals surface area (Å²) in [5.41, 5.74) is 15.2. The number of likely N-dealkylation sites (tertiary alicyclic amines) is 2. The molecule has 2 amide bonds. The Labute approximate surface area is 826 Å². The number of hydrogen-bond acceptors (Lipinski definition) is 14. The van der Waals surface area contributed by atoms with Crippen molar-refractivity contribution in [1.82, 2.24) is 92.3 Å². The minimum atomic E-state index is -0.833. The van der Waals surface area contributed by atoms with Crippen molar-refractivity contribution in [3.05, 3.63) is 399 Å². The van der Waals surface area contributed by atoms with Crippen molar-refractivity contribution in [3.8, 4) is 112 Å². The topological polar surface area (TPSA) is 224 Å². The normalized spacial score (nSPS) is 12.9. The number of aromatic nitrogens is 15. The zero-order chi connectivity index (χ0) is 98.2. The second-order valence-corrected chi connectivity index (χ2v) is 35.0. The molecular formula is C106H75Cl5F7N21O2. The van der Waals surface area contributed by atoms with Gasteiger partial charge in [0, 0.05) is 197 Å². The lowest BCUT2D eigenvalue weighted by Crippen LogP contribution is -2.43. The Kier molecular flexibility index (Phi) is 28.6. The predicted octanol–water partition coefficient (Wildman–Crippen LogP) is 25.3. The fraction of sp³-hybridized carbons (Fsp3) is 0.113. The molecule has 0 atom stereocenters. The molecule has 0 radical (unpaired) electrons. The summed E-state index contributed by atoms with van der Waals surface area (Å²) in [4.78, 5) is 80.5. The Hall–Kier alpha value is -15.9. The molecule has 2 saturated heterocycles. The lowest BCUT2D eigenvalue weighted by Gasteiger charge is -2.29. The van der Waals surface area contributed by atoms with Gasteiger partial charge in [-0.1, -0.05) is 101 Å². The van der Waals surface area contributed by atoms with Crippen LogP contribution in [-0.4, -0.2) is 146 Å². The second-order valence-electron chi connectivity index (χ2n) is 32.9. The fourth-order valence-corrected chi connectivity index (χ4v) is 17.5. The highest BCUT2D eigenvalue weighted by Crippen LogP contribution is 2.42. The molecule has 0 saturated carbocycles. The number of hydrogen-bond donors (Lipinski definition) is 2. The lowest BCUT2D eigenvalue weighted by molar-refractivity contribution is 0.0902. The van der Waals surface area contributed by atoms with Gasteiger partial charge in [-0.05, 0) is 212 Å². The molecular weight excluding hydrogens is 1910 g/mol. The van der Waals surface area contributed by atoms with E-state index < -0.39 is 34.9 Å². The van der Waals surface area contributed by atoms with Crippen molar-refractivity contribution < 1.29 is 40.3 Å². The number of carbonyl (C=O) groups excluding carboxylic acids is 2. The number of piperidine rings is 2. The molecule has 17 heterocycles. The maximum Gasteiger partial charge on any atom is 0.270 e. The van der Waals surface area contributed by atoms with Crippen LogP contribution >= 0.6 is 58.0 Å². The van der Waals surface area contributed by atoms with Crippen molar-refractivity contribution in [3.63, 3.8) is 0 Å². The number of pyridine rings is 10. The number of rotatable bonds is 14. The number of nitrogens with one attached hydrogen (secondary N) is 2. The van der Waals surface area contributed by atoms with Gasteiger partial charge in [0.1, 0.15) is 69.0 Å². The van der Waals surface area contributed by atoms with Crippen LogP contribution in [0.1, 0.15) is 46.7 Å². The Morgan fingerprint density at radius 1 is 0.319 bits per heavy atom. The van der Waals surface area contributed by atoms with Crippen LogP contribution in [0.4, 0.5) is 42.4 Å². The lowest BCUT2D eigenvalue weighted by atomic mass is 10.00. The molecule has 0 spiro atoms. The van der Waals surface area contributed by atoms with E-state index in [0.29, 0.717) is 128 Å². The van der Waals surface area contributed by atoms with Crippen LogP contribution in [0.3, 0.4) is 0 Å². The molecule has 15 aromatic heterocycles. The van der Waals surface area contributed by atoms with E-state index >= 15 is 0 Å². The smallest absolute Gasteiger partial charge is 0.270 e. The molecule has 0 aliphatic carbocycles. The Bertz CT molecular complexity index is 8270. The van der Waals surface area contributed by atoms with Crippen LogP contribution < -0.4 is 10.6 Å². The summed E-state index contributed by atoms with van der Waals surface area (Å²) in [7, 11) is 4.16. The van der Waals surface area contributed by atoms with E-state index in [1.807, 2.05) is 89.7 Å². The van der Waals surface area contributed by atoms with Crippen LogP contribution in [0.15, 0.2) is 299 Å². The summed E-state index contributed by atoms with van der Waals surface area (Å²) < 4.78 is 108. The van der Waals surface area contributed by atoms with E-state index in [2.05, 4.69) is 94.1 Å². The minimum absolute atomic E-state index is 0.0907. The highest BCUT2D eigenvalue weighted by Gasteiger charge is 2.28. The quantitative estimate of drug-likeness (QED) is 0.0587. The summed E-state index contributed by atoms with van der Waals surface area (Å²) in [6.45, 7) is 18.3. The highest BCUT2D eigenvalue weighted by molar-refractivity contribution is 6.32. The Morgan fingerprint density at radius 3 is 0.950 bits per heavy atom. The van der Waals surface area contributed by atoms with Gasteiger partial charge >= 0.3 is 0 Å². The third-order valence-corrected chi connectivity index (χ3v) is 25.1. The average Bonchev–Trinajstić information content (AvgIpc) is 1.80. The van der Waals surface area contributed by atoms with Crippen LogP contribution in [0.2, 0.25) is 25.1 Å². The van der Waals surface area contributed by atoms with Gasteiger partial charge in [0.15, 0.2) is 0 Å². The molecule has 0 bridgehead atoms. The number of amides is 2. The molecule has 2 N–H and O–H groups in total. The minimum Gasteiger partial charge on any atom is -0.362 e. The first-order chi connectivity index (χ1) is 68.4. The van der Waals surface area contributed by atoms with E-state index in [0.717, 1.165) is 103 Å². The van der Waals surface area contributed by atoms with E-state index in [1.54, 1.807) is 146 Å². The molecule has 23 nitrogen and oxygen atoms in total.